The predicted molar refractivity (Wildman–Crippen MR) is 127 cm³/mol. The van der Waals surface area contributed by atoms with Crippen LogP contribution in [-0.4, -0.2) is 59.6 Å². The van der Waals surface area contributed by atoms with Crippen LogP contribution in [0.3, 0.4) is 0 Å². The molecule has 0 saturated carbocycles. The van der Waals surface area contributed by atoms with Gasteiger partial charge in [0.15, 0.2) is 0 Å². The van der Waals surface area contributed by atoms with E-state index in [0.29, 0.717) is 6.61 Å². The fraction of sp³-hybridized carbons (Fsp3) is 0.923. The summed E-state index contributed by atoms with van der Waals surface area (Å²) in [4.78, 5) is 0. The summed E-state index contributed by atoms with van der Waals surface area (Å²) in [5.74, 6) is 0. The molecule has 31 heavy (non-hydrogen) atoms. The molecule has 1 fully saturated rings. The number of allylic oxidation sites excluding steroid dienone is 2. The second-order valence-electron chi connectivity index (χ2n) is 9.09. The molecule has 184 valence electrons. The maximum Gasteiger partial charge on any atom is 0.111 e. The van der Waals surface area contributed by atoms with Crippen molar-refractivity contribution in [2.24, 2.45) is 0 Å². The number of hydrogen-bond acceptors (Lipinski definition) is 5. The van der Waals surface area contributed by atoms with Gasteiger partial charge in [0.25, 0.3) is 0 Å². The van der Waals surface area contributed by atoms with Crippen molar-refractivity contribution in [1.82, 2.24) is 0 Å². The molecule has 0 aliphatic carbocycles. The van der Waals surface area contributed by atoms with Crippen molar-refractivity contribution in [3.05, 3.63) is 12.2 Å². The summed E-state index contributed by atoms with van der Waals surface area (Å²) < 4.78 is 11.0. The summed E-state index contributed by atoms with van der Waals surface area (Å²) in [7, 11) is 0. The van der Waals surface area contributed by atoms with Crippen molar-refractivity contribution < 1.29 is 24.8 Å². The molecule has 3 N–H and O–H groups in total. The van der Waals surface area contributed by atoms with Gasteiger partial charge in [0, 0.05) is 6.61 Å². The van der Waals surface area contributed by atoms with Crippen LogP contribution in [0.1, 0.15) is 110 Å². The molecule has 1 aliphatic heterocycles. The Hall–Kier alpha value is -0.460. The molecule has 0 radical (unpaired) electrons. The van der Waals surface area contributed by atoms with E-state index in [-0.39, 0.29) is 13.2 Å². The van der Waals surface area contributed by atoms with Crippen LogP contribution in [0.2, 0.25) is 0 Å². The Balaban J connectivity index is 1.82. The quantitative estimate of drug-likeness (QED) is 0.176. The summed E-state index contributed by atoms with van der Waals surface area (Å²) >= 11 is 0. The fourth-order valence-corrected chi connectivity index (χ4v) is 4.10. The van der Waals surface area contributed by atoms with Gasteiger partial charge in [-0.05, 0) is 32.1 Å². The zero-order valence-corrected chi connectivity index (χ0v) is 20.1. The maximum atomic E-state index is 10.0. The van der Waals surface area contributed by atoms with Gasteiger partial charge in [-0.1, -0.05) is 89.7 Å². The van der Waals surface area contributed by atoms with Crippen molar-refractivity contribution in [3.8, 4) is 0 Å². The van der Waals surface area contributed by atoms with Gasteiger partial charge in [-0.3, -0.25) is 0 Å². The molecule has 1 heterocycles. The first-order valence-electron chi connectivity index (χ1n) is 13.1. The smallest absolute Gasteiger partial charge is 0.111 e. The van der Waals surface area contributed by atoms with Gasteiger partial charge >= 0.3 is 0 Å². The highest BCUT2D eigenvalue weighted by atomic mass is 16.6. The molecular weight excluding hydrogens is 392 g/mol. The topological polar surface area (TPSA) is 79.2 Å². The van der Waals surface area contributed by atoms with Crippen LogP contribution in [0.25, 0.3) is 0 Å². The minimum absolute atomic E-state index is 0.216. The first-order valence-corrected chi connectivity index (χ1v) is 13.1. The van der Waals surface area contributed by atoms with Crippen LogP contribution >= 0.6 is 0 Å². The molecule has 1 saturated heterocycles. The lowest BCUT2D eigenvalue weighted by atomic mass is 10.0. The predicted octanol–water partition coefficient (Wildman–Crippen LogP) is 5.30. The summed E-state index contributed by atoms with van der Waals surface area (Å²) in [6, 6.07) is 0. The normalized spacial score (nSPS) is 24.3. The van der Waals surface area contributed by atoms with Crippen molar-refractivity contribution in [3.63, 3.8) is 0 Å². The molecule has 4 atom stereocenters. The van der Waals surface area contributed by atoms with E-state index in [1.54, 1.807) is 0 Å². The molecule has 0 amide bonds. The van der Waals surface area contributed by atoms with Gasteiger partial charge in [-0.25, -0.2) is 0 Å². The van der Waals surface area contributed by atoms with Crippen LogP contribution in [0, 0.1) is 0 Å². The Bertz CT molecular complexity index is 415. The van der Waals surface area contributed by atoms with E-state index in [0.717, 1.165) is 19.3 Å². The largest absolute Gasteiger partial charge is 0.394 e. The lowest BCUT2D eigenvalue weighted by molar-refractivity contribution is -0.208. The monoisotopic (exact) mass is 442 g/mol. The summed E-state index contributed by atoms with van der Waals surface area (Å²) in [5, 5.41) is 28.9. The van der Waals surface area contributed by atoms with E-state index in [1.165, 1.54) is 83.5 Å². The Morgan fingerprint density at radius 3 is 1.81 bits per heavy atom. The molecule has 5 nitrogen and oxygen atoms in total. The number of rotatable bonds is 20. The minimum atomic E-state index is -1.09. The molecular formula is C26H50O5. The van der Waals surface area contributed by atoms with Crippen molar-refractivity contribution >= 4 is 0 Å². The first kappa shape index (κ1) is 28.6. The van der Waals surface area contributed by atoms with Gasteiger partial charge in [-0.2, -0.15) is 0 Å². The van der Waals surface area contributed by atoms with E-state index in [9.17, 15) is 10.2 Å². The van der Waals surface area contributed by atoms with Crippen molar-refractivity contribution in [2.45, 2.75) is 134 Å². The standard InChI is InChI=1S/C26H50O5/c1-2-3-4-5-6-7-8-9-10-11-12-13-14-15-16-17-18-19-20-30-24-22-31-23(21-27)25(28)26(24)29/h13-14,23-29H,2-12,15-22H2,1H3/b14-13+/t23-,24+,25-,26-/m0/s1. The SMILES string of the molecule is CCCCCCCCCCCC/C=C/CCCCCCO[C@@H]1CO[C@@H](CO)[C@H](O)[C@H]1O. The van der Waals surface area contributed by atoms with Crippen LogP contribution in [-0.2, 0) is 9.47 Å². The summed E-state index contributed by atoms with van der Waals surface area (Å²) in [5.41, 5.74) is 0. The second-order valence-corrected chi connectivity index (χ2v) is 9.09. The summed E-state index contributed by atoms with van der Waals surface area (Å²) in [6.07, 6.45) is 22.2. The average Bonchev–Trinajstić information content (AvgIpc) is 2.78. The Labute approximate surface area is 191 Å². The Morgan fingerprint density at radius 2 is 1.26 bits per heavy atom. The van der Waals surface area contributed by atoms with E-state index in [2.05, 4.69) is 19.1 Å². The zero-order chi connectivity index (χ0) is 22.6. The van der Waals surface area contributed by atoms with E-state index in [4.69, 9.17) is 14.6 Å². The number of unbranched alkanes of at least 4 members (excludes halogenated alkanes) is 14. The Morgan fingerprint density at radius 1 is 0.742 bits per heavy atom. The molecule has 5 heteroatoms. The number of aliphatic hydroxyl groups is 3. The van der Waals surface area contributed by atoms with Crippen LogP contribution in [0.15, 0.2) is 12.2 Å². The molecule has 0 aromatic carbocycles. The highest BCUT2D eigenvalue weighted by Gasteiger charge is 2.38. The number of aliphatic hydroxyl groups excluding tert-OH is 3. The zero-order valence-electron chi connectivity index (χ0n) is 20.1. The van der Waals surface area contributed by atoms with Gasteiger partial charge in [0.05, 0.1) is 13.2 Å². The molecule has 1 rings (SSSR count). The first-order chi connectivity index (χ1) is 15.2. The highest BCUT2D eigenvalue weighted by molar-refractivity contribution is 4.87. The third-order valence-corrected chi connectivity index (χ3v) is 6.25. The molecule has 0 spiro atoms. The van der Waals surface area contributed by atoms with Crippen LogP contribution in [0.4, 0.5) is 0 Å². The van der Waals surface area contributed by atoms with Gasteiger partial charge in [-0.15, -0.1) is 0 Å². The highest BCUT2D eigenvalue weighted by Crippen LogP contribution is 2.18. The maximum absolute atomic E-state index is 10.0. The van der Waals surface area contributed by atoms with Gasteiger partial charge in [0.2, 0.25) is 0 Å². The van der Waals surface area contributed by atoms with Crippen LogP contribution < -0.4 is 0 Å². The number of ether oxygens (including phenoxy) is 2. The molecule has 0 unspecified atom stereocenters. The molecule has 0 aromatic heterocycles. The third kappa shape index (κ3) is 14.3. The van der Waals surface area contributed by atoms with E-state index >= 15 is 0 Å². The third-order valence-electron chi connectivity index (χ3n) is 6.25. The number of hydrogen-bond donors (Lipinski definition) is 3. The summed E-state index contributed by atoms with van der Waals surface area (Å²) in [6.45, 7) is 2.76. The molecule has 0 bridgehead atoms. The molecule has 1 aliphatic rings. The van der Waals surface area contributed by atoms with Crippen molar-refractivity contribution in [2.75, 3.05) is 19.8 Å². The van der Waals surface area contributed by atoms with Gasteiger partial charge < -0.3 is 24.8 Å². The van der Waals surface area contributed by atoms with Crippen LogP contribution in [0.5, 0.6) is 0 Å². The minimum Gasteiger partial charge on any atom is -0.394 e. The Kier molecular flexibility index (Phi) is 18.6. The van der Waals surface area contributed by atoms with Crippen molar-refractivity contribution in [1.29, 1.82) is 0 Å². The average molecular weight is 443 g/mol. The molecule has 0 aromatic rings. The van der Waals surface area contributed by atoms with E-state index < -0.39 is 24.4 Å². The fourth-order valence-electron chi connectivity index (χ4n) is 4.10. The van der Waals surface area contributed by atoms with E-state index in [1.807, 2.05) is 0 Å². The van der Waals surface area contributed by atoms with Gasteiger partial charge in [0.1, 0.15) is 24.4 Å². The lowest BCUT2D eigenvalue weighted by Gasteiger charge is -2.36. The lowest BCUT2D eigenvalue weighted by Crippen LogP contribution is -2.55. The second kappa shape index (κ2) is 20.2.